The van der Waals surface area contributed by atoms with Crippen LogP contribution in [0.2, 0.25) is 0 Å². The predicted octanol–water partition coefficient (Wildman–Crippen LogP) is 4.84. The molecule has 4 nitrogen and oxygen atoms in total. The van der Waals surface area contributed by atoms with Gasteiger partial charge in [0.25, 0.3) is 5.91 Å². The van der Waals surface area contributed by atoms with Crippen LogP contribution in [0.3, 0.4) is 0 Å². The molecule has 0 atom stereocenters. The maximum atomic E-state index is 13.0. The van der Waals surface area contributed by atoms with Crippen molar-refractivity contribution in [1.29, 1.82) is 0 Å². The van der Waals surface area contributed by atoms with Gasteiger partial charge in [0.2, 0.25) is 0 Å². The molecule has 0 aliphatic carbocycles. The molecule has 0 aliphatic heterocycles. The van der Waals surface area contributed by atoms with Crippen molar-refractivity contribution < 1.29 is 22.7 Å². The van der Waals surface area contributed by atoms with Gasteiger partial charge in [-0.05, 0) is 42.0 Å². The molecule has 1 amide bonds. The van der Waals surface area contributed by atoms with Crippen LogP contribution in [0.15, 0.2) is 72.9 Å². The van der Waals surface area contributed by atoms with E-state index in [1.54, 1.807) is 48.5 Å². The van der Waals surface area contributed by atoms with E-state index in [1.807, 2.05) is 22.8 Å². The van der Waals surface area contributed by atoms with Gasteiger partial charge in [0.05, 0.1) is 18.7 Å². The number of hydrogen-bond donors (Lipinski definition) is 0. The number of amides is 1. The predicted molar refractivity (Wildman–Crippen MR) is 108 cm³/mol. The number of benzene rings is 2. The highest BCUT2D eigenvalue weighted by Gasteiger charge is 2.30. The monoisotopic (exact) mass is 416 g/mol. The van der Waals surface area contributed by atoms with Gasteiger partial charge in [0.15, 0.2) is 0 Å². The van der Waals surface area contributed by atoms with E-state index in [1.165, 1.54) is 6.07 Å². The first-order chi connectivity index (χ1) is 14.4. The average Bonchev–Trinajstić information content (AvgIpc) is 3.17. The van der Waals surface area contributed by atoms with Crippen LogP contribution in [-0.4, -0.2) is 35.6 Å². The number of methoxy groups -OCH3 is 1. The van der Waals surface area contributed by atoms with Gasteiger partial charge in [-0.25, -0.2) is 0 Å². The van der Waals surface area contributed by atoms with Gasteiger partial charge in [-0.1, -0.05) is 30.3 Å². The summed E-state index contributed by atoms with van der Waals surface area (Å²) in [5.74, 6) is -0.125. The lowest BCUT2D eigenvalue weighted by atomic mass is 10.1. The van der Waals surface area contributed by atoms with Crippen molar-refractivity contribution in [3.63, 3.8) is 0 Å². The third-order valence-electron chi connectivity index (χ3n) is 4.76. The van der Waals surface area contributed by atoms with Crippen molar-refractivity contribution in [1.82, 2.24) is 9.47 Å². The minimum Gasteiger partial charge on any atom is -0.383 e. The zero-order chi connectivity index (χ0) is 21.6. The van der Waals surface area contributed by atoms with Crippen LogP contribution in [-0.2, 0) is 24.0 Å². The molecular formula is C23H23F3N2O2. The SMILES string of the molecule is COCCN(Cc1cccn1Cc1cccc(C(F)(F)F)c1)C(=O)c1ccccc1. The fourth-order valence-electron chi connectivity index (χ4n) is 3.20. The van der Waals surface area contributed by atoms with Gasteiger partial charge in [-0.15, -0.1) is 0 Å². The summed E-state index contributed by atoms with van der Waals surface area (Å²) in [6.07, 6.45) is -2.58. The van der Waals surface area contributed by atoms with Gasteiger partial charge in [0, 0.05) is 37.7 Å². The minimum absolute atomic E-state index is 0.125. The van der Waals surface area contributed by atoms with Crippen molar-refractivity contribution in [2.45, 2.75) is 19.3 Å². The van der Waals surface area contributed by atoms with Crippen molar-refractivity contribution in [3.05, 3.63) is 95.3 Å². The van der Waals surface area contributed by atoms with E-state index in [0.717, 1.165) is 17.8 Å². The summed E-state index contributed by atoms with van der Waals surface area (Å²) < 4.78 is 46.0. The van der Waals surface area contributed by atoms with Crippen LogP contribution in [0.25, 0.3) is 0 Å². The summed E-state index contributed by atoms with van der Waals surface area (Å²) in [6, 6.07) is 17.9. The Balaban J connectivity index is 1.79. The third kappa shape index (κ3) is 5.51. The molecule has 158 valence electrons. The second-order valence-corrected chi connectivity index (χ2v) is 6.91. The number of halogens is 3. The Labute approximate surface area is 173 Å². The molecule has 0 aliphatic rings. The molecule has 0 fully saturated rings. The lowest BCUT2D eigenvalue weighted by molar-refractivity contribution is -0.137. The number of ether oxygens (including phenoxy) is 1. The molecule has 30 heavy (non-hydrogen) atoms. The fraction of sp³-hybridized carbons (Fsp3) is 0.261. The maximum Gasteiger partial charge on any atom is 0.416 e. The second-order valence-electron chi connectivity index (χ2n) is 6.91. The van der Waals surface area contributed by atoms with Crippen LogP contribution in [0.1, 0.15) is 27.2 Å². The van der Waals surface area contributed by atoms with E-state index in [4.69, 9.17) is 4.74 Å². The van der Waals surface area contributed by atoms with Gasteiger partial charge >= 0.3 is 6.18 Å². The molecule has 0 saturated carbocycles. The number of carbonyl (C=O) groups is 1. The summed E-state index contributed by atoms with van der Waals surface area (Å²) in [4.78, 5) is 14.6. The molecule has 3 rings (SSSR count). The second kappa shape index (κ2) is 9.63. The summed E-state index contributed by atoms with van der Waals surface area (Å²) in [5.41, 5.74) is 1.27. The molecule has 1 heterocycles. The zero-order valence-corrected chi connectivity index (χ0v) is 16.6. The van der Waals surface area contributed by atoms with E-state index >= 15 is 0 Å². The van der Waals surface area contributed by atoms with Crippen LogP contribution in [0.4, 0.5) is 13.2 Å². The van der Waals surface area contributed by atoms with Crippen molar-refractivity contribution in [2.75, 3.05) is 20.3 Å². The number of alkyl halides is 3. The van der Waals surface area contributed by atoms with E-state index in [0.29, 0.717) is 30.8 Å². The smallest absolute Gasteiger partial charge is 0.383 e. The van der Waals surface area contributed by atoms with E-state index in [2.05, 4.69) is 0 Å². The fourth-order valence-corrected chi connectivity index (χ4v) is 3.20. The molecule has 0 unspecified atom stereocenters. The number of nitrogens with zero attached hydrogens (tertiary/aromatic N) is 2. The van der Waals surface area contributed by atoms with Gasteiger partial charge in [-0.3, -0.25) is 4.79 Å². The molecular weight excluding hydrogens is 393 g/mol. The molecule has 0 bridgehead atoms. The third-order valence-corrected chi connectivity index (χ3v) is 4.76. The topological polar surface area (TPSA) is 34.5 Å². The Morgan fingerprint density at radius 1 is 1.03 bits per heavy atom. The normalized spacial score (nSPS) is 11.5. The molecule has 0 saturated heterocycles. The Hall–Kier alpha value is -3.06. The molecule has 2 aromatic carbocycles. The van der Waals surface area contributed by atoms with Crippen LogP contribution in [0.5, 0.6) is 0 Å². The number of aromatic nitrogens is 1. The van der Waals surface area contributed by atoms with Crippen LogP contribution < -0.4 is 0 Å². The molecule has 1 aromatic heterocycles. The molecule has 0 N–H and O–H groups in total. The quantitative estimate of drug-likeness (QED) is 0.527. The Kier molecular flexibility index (Phi) is 6.95. The van der Waals surface area contributed by atoms with Crippen molar-refractivity contribution in [2.24, 2.45) is 0 Å². The summed E-state index contributed by atoms with van der Waals surface area (Å²) in [6.45, 7) is 1.39. The molecule has 7 heteroatoms. The highest BCUT2D eigenvalue weighted by Crippen LogP contribution is 2.29. The lowest BCUT2D eigenvalue weighted by Gasteiger charge is -2.23. The van der Waals surface area contributed by atoms with E-state index in [9.17, 15) is 18.0 Å². The summed E-state index contributed by atoms with van der Waals surface area (Å²) in [7, 11) is 1.57. The minimum atomic E-state index is -4.38. The van der Waals surface area contributed by atoms with E-state index < -0.39 is 11.7 Å². The highest BCUT2D eigenvalue weighted by molar-refractivity contribution is 5.94. The Morgan fingerprint density at radius 3 is 2.50 bits per heavy atom. The molecule has 0 radical (unpaired) electrons. The maximum absolute atomic E-state index is 13.0. The number of carbonyl (C=O) groups excluding carboxylic acids is 1. The first-order valence-electron chi connectivity index (χ1n) is 9.52. The summed E-state index contributed by atoms with van der Waals surface area (Å²) >= 11 is 0. The number of rotatable bonds is 8. The average molecular weight is 416 g/mol. The van der Waals surface area contributed by atoms with Crippen molar-refractivity contribution >= 4 is 5.91 Å². The van der Waals surface area contributed by atoms with Gasteiger partial charge < -0.3 is 14.2 Å². The lowest BCUT2D eigenvalue weighted by Crippen LogP contribution is -2.34. The highest BCUT2D eigenvalue weighted by atomic mass is 19.4. The Bertz CT molecular complexity index is 968. The number of hydrogen-bond acceptors (Lipinski definition) is 2. The largest absolute Gasteiger partial charge is 0.416 e. The van der Waals surface area contributed by atoms with Gasteiger partial charge in [0.1, 0.15) is 0 Å². The first-order valence-corrected chi connectivity index (χ1v) is 9.52. The van der Waals surface area contributed by atoms with E-state index in [-0.39, 0.29) is 12.5 Å². The van der Waals surface area contributed by atoms with Crippen LogP contribution in [0, 0.1) is 0 Å². The molecule has 0 spiro atoms. The molecule has 3 aromatic rings. The van der Waals surface area contributed by atoms with Gasteiger partial charge in [-0.2, -0.15) is 13.2 Å². The standard InChI is InChI=1S/C23H23F3N2O2/c1-30-14-13-28(22(29)19-8-3-2-4-9-19)17-21-11-6-12-27(21)16-18-7-5-10-20(15-18)23(24,25)26/h2-12,15H,13-14,16-17H2,1H3. The first kappa shape index (κ1) is 21.6. The van der Waals surface area contributed by atoms with Crippen LogP contribution >= 0.6 is 0 Å². The van der Waals surface area contributed by atoms with Crippen molar-refractivity contribution in [3.8, 4) is 0 Å². The Morgan fingerprint density at radius 2 is 1.80 bits per heavy atom. The summed E-state index contributed by atoms with van der Waals surface area (Å²) in [5, 5.41) is 0. The zero-order valence-electron chi connectivity index (χ0n) is 16.6.